The fourth-order valence-electron chi connectivity index (χ4n) is 3.77. The number of methoxy groups -OCH3 is 1. The summed E-state index contributed by atoms with van der Waals surface area (Å²) in [5.74, 6) is 0.387. The smallest absolute Gasteiger partial charge is 0.283 e. The van der Waals surface area contributed by atoms with E-state index in [1.807, 2.05) is 42.5 Å². The molecule has 1 aliphatic heterocycles. The van der Waals surface area contributed by atoms with E-state index in [9.17, 15) is 9.59 Å². The van der Waals surface area contributed by atoms with Crippen molar-refractivity contribution in [2.75, 3.05) is 7.11 Å². The number of ether oxygens (including phenoxy) is 1. The van der Waals surface area contributed by atoms with E-state index in [1.165, 1.54) is 31.0 Å². The minimum Gasteiger partial charge on any atom is -0.497 e. The number of nitrogens with zero attached hydrogens (tertiary/aromatic N) is 1. The minimum absolute atomic E-state index is 0.0595. The first-order valence-corrected chi connectivity index (χ1v) is 10.9. The number of hydrogen-bond acceptors (Lipinski definition) is 4. The molecule has 1 N–H and O–H groups in total. The summed E-state index contributed by atoms with van der Waals surface area (Å²) < 4.78 is 5.24. The molecule has 1 fully saturated rings. The van der Waals surface area contributed by atoms with Gasteiger partial charge in [0.05, 0.1) is 23.0 Å². The number of allylic oxidation sites excluding steroid dienone is 1. The van der Waals surface area contributed by atoms with Crippen LogP contribution in [0.5, 0.6) is 5.75 Å². The molecule has 1 aromatic rings. The Balaban J connectivity index is 1.49. The van der Waals surface area contributed by atoms with Gasteiger partial charge in [-0.1, -0.05) is 43.5 Å². The van der Waals surface area contributed by atoms with Crippen molar-refractivity contribution in [2.45, 2.75) is 43.4 Å². The lowest BCUT2D eigenvalue weighted by atomic mass is 9.95. The Kier molecular flexibility index (Phi) is 6.00. The Morgan fingerprint density at radius 1 is 1.28 bits per heavy atom. The summed E-state index contributed by atoms with van der Waals surface area (Å²) in [4.78, 5) is 30.0. The van der Waals surface area contributed by atoms with Gasteiger partial charge in [0.15, 0.2) is 0 Å². The summed E-state index contributed by atoms with van der Waals surface area (Å²) in [5.41, 5.74) is 2.10. The van der Waals surface area contributed by atoms with Crippen molar-refractivity contribution in [1.29, 1.82) is 0 Å². The zero-order chi connectivity index (χ0) is 20.2. The van der Waals surface area contributed by atoms with E-state index >= 15 is 0 Å². The molecule has 1 aromatic carbocycles. The Morgan fingerprint density at radius 2 is 2.10 bits per heavy atom. The van der Waals surface area contributed by atoms with E-state index in [2.05, 4.69) is 10.3 Å². The Bertz CT molecular complexity index is 939. The number of amides is 2. The molecule has 1 atom stereocenters. The number of aliphatic imine (C=N–C) groups is 1. The monoisotopic (exact) mass is 408 g/mol. The van der Waals surface area contributed by atoms with Crippen LogP contribution in [0.2, 0.25) is 0 Å². The van der Waals surface area contributed by atoms with Gasteiger partial charge in [0.1, 0.15) is 5.75 Å². The second-order valence-electron chi connectivity index (χ2n) is 7.43. The van der Waals surface area contributed by atoms with Gasteiger partial charge in [0.25, 0.3) is 11.8 Å². The number of rotatable bonds is 4. The van der Waals surface area contributed by atoms with Crippen molar-refractivity contribution < 1.29 is 14.3 Å². The van der Waals surface area contributed by atoms with E-state index in [1.54, 1.807) is 13.2 Å². The molecule has 0 bridgehead atoms. The Morgan fingerprint density at radius 3 is 2.90 bits per heavy atom. The second-order valence-corrected chi connectivity index (χ2v) is 8.62. The number of hydrogen-bond donors (Lipinski definition) is 1. The number of carbonyl (C=O) groups is 2. The van der Waals surface area contributed by atoms with Crippen LogP contribution in [0.15, 0.2) is 58.0 Å². The highest BCUT2D eigenvalue weighted by Gasteiger charge is 2.29. The third kappa shape index (κ3) is 4.70. The molecule has 150 valence electrons. The maximum atomic E-state index is 12.6. The molecule has 2 aliphatic carbocycles. The fourth-order valence-corrected chi connectivity index (χ4v) is 4.79. The highest BCUT2D eigenvalue weighted by molar-refractivity contribution is 8.05. The van der Waals surface area contributed by atoms with E-state index in [-0.39, 0.29) is 23.1 Å². The summed E-state index contributed by atoms with van der Waals surface area (Å²) >= 11 is 1.46. The highest BCUT2D eigenvalue weighted by Crippen LogP contribution is 2.34. The number of benzene rings is 1. The van der Waals surface area contributed by atoms with Crippen LogP contribution in [0.4, 0.5) is 0 Å². The zero-order valence-electron chi connectivity index (χ0n) is 16.4. The van der Waals surface area contributed by atoms with Gasteiger partial charge in [-0.05, 0) is 42.7 Å². The average molecular weight is 409 g/mol. The summed E-state index contributed by atoms with van der Waals surface area (Å²) in [5, 5.41) is 3.06. The largest absolute Gasteiger partial charge is 0.497 e. The van der Waals surface area contributed by atoms with Crippen LogP contribution >= 0.6 is 11.8 Å². The molecule has 1 unspecified atom stereocenters. The van der Waals surface area contributed by atoms with Crippen LogP contribution < -0.4 is 10.1 Å². The number of nitrogens with one attached hydrogen (secondary N) is 1. The summed E-state index contributed by atoms with van der Waals surface area (Å²) in [7, 11) is 1.62. The molecule has 2 amide bonds. The molecule has 5 nitrogen and oxygen atoms in total. The predicted octanol–water partition coefficient (Wildman–Crippen LogP) is 4.06. The maximum absolute atomic E-state index is 12.6. The maximum Gasteiger partial charge on any atom is 0.283 e. The number of fused-ring (bicyclic) bond motifs is 1. The third-order valence-corrected chi connectivity index (χ3v) is 6.53. The van der Waals surface area contributed by atoms with Crippen LogP contribution in [0.1, 0.15) is 37.7 Å². The van der Waals surface area contributed by atoms with Gasteiger partial charge in [-0.3, -0.25) is 9.59 Å². The van der Waals surface area contributed by atoms with Crippen molar-refractivity contribution in [1.82, 2.24) is 5.32 Å². The molecule has 1 heterocycles. The molecular weight excluding hydrogens is 384 g/mol. The summed E-state index contributed by atoms with van der Waals surface area (Å²) in [6.07, 6.45) is 13.0. The SMILES string of the molecule is COc1cccc(/C=C2/SC3C=CC(C(=O)NC4CCCCC4)=CC3=NC2=O)c1. The molecule has 0 spiro atoms. The highest BCUT2D eigenvalue weighted by atomic mass is 32.2. The molecule has 0 saturated heterocycles. The first-order valence-electron chi connectivity index (χ1n) is 9.98. The van der Waals surface area contributed by atoms with Crippen molar-refractivity contribution >= 4 is 35.4 Å². The van der Waals surface area contributed by atoms with Gasteiger partial charge in [-0.2, -0.15) is 0 Å². The van der Waals surface area contributed by atoms with Crippen molar-refractivity contribution in [3.8, 4) is 5.75 Å². The normalized spacial score (nSPS) is 23.3. The number of thioether (sulfide) groups is 1. The predicted molar refractivity (Wildman–Crippen MR) is 117 cm³/mol. The first-order chi connectivity index (χ1) is 14.1. The quantitative estimate of drug-likeness (QED) is 0.763. The van der Waals surface area contributed by atoms with Crippen LogP contribution in [-0.2, 0) is 9.59 Å². The Hall–Kier alpha value is -2.60. The molecular formula is C23H24N2O3S. The summed E-state index contributed by atoms with van der Waals surface area (Å²) in [6, 6.07) is 7.81. The standard InChI is InChI=1S/C23H24N2O3S/c1-28-18-9-5-6-15(12-18)13-21-23(27)25-19-14-16(10-11-20(19)29-21)22(26)24-17-7-3-2-4-8-17/h5-6,9-14,17,20H,2-4,7-8H2,1H3,(H,24,26)/b21-13+. The molecule has 0 aromatic heterocycles. The van der Waals surface area contributed by atoms with E-state index < -0.39 is 0 Å². The average Bonchev–Trinajstić information content (AvgIpc) is 2.75. The molecule has 1 saturated carbocycles. The van der Waals surface area contributed by atoms with Gasteiger partial charge >= 0.3 is 0 Å². The van der Waals surface area contributed by atoms with Crippen molar-refractivity contribution in [3.63, 3.8) is 0 Å². The van der Waals surface area contributed by atoms with Gasteiger partial charge < -0.3 is 10.1 Å². The van der Waals surface area contributed by atoms with Crippen LogP contribution in [0, 0.1) is 0 Å². The minimum atomic E-state index is -0.275. The van der Waals surface area contributed by atoms with Gasteiger partial charge in [-0.25, -0.2) is 4.99 Å². The van der Waals surface area contributed by atoms with E-state index in [0.717, 1.165) is 24.2 Å². The van der Waals surface area contributed by atoms with Crippen LogP contribution in [0.25, 0.3) is 6.08 Å². The number of carbonyl (C=O) groups excluding carboxylic acids is 2. The third-order valence-electron chi connectivity index (χ3n) is 5.33. The lowest BCUT2D eigenvalue weighted by Crippen LogP contribution is -2.37. The zero-order valence-corrected chi connectivity index (χ0v) is 17.2. The first kappa shape index (κ1) is 19.7. The topological polar surface area (TPSA) is 67.8 Å². The van der Waals surface area contributed by atoms with E-state index in [0.29, 0.717) is 16.2 Å². The van der Waals surface area contributed by atoms with Gasteiger partial charge in [0, 0.05) is 11.6 Å². The van der Waals surface area contributed by atoms with Gasteiger partial charge in [0.2, 0.25) is 0 Å². The molecule has 4 rings (SSSR count). The van der Waals surface area contributed by atoms with Crippen molar-refractivity contribution in [2.24, 2.45) is 4.99 Å². The van der Waals surface area contributed by atoms with Crippen LogP contribution in [0.3, 0.4) is 0 Å². The fraction of sp³-hybridized carbons (Fsp3) is 0.348. The molecule has 3 aliphatic rings. The summed E-state index contributed by atoms with van der Waals surface area (Å²) in [6.45, 7) is 0. The Labute approximate surface area is 175 Å². The van der Waals surface area contributed by atoms with E-state index in [4.69, 9.17) is 4.74 Å². The second kappa shape index (κ2) is 8.82. The van der Waals surface area contributed by atoms with Crippen LogP contribution in [-0.4, -0.2) is 35.9 Å². The molecule has 0 radical (unpaired) electrons. The lowest BCUT2D eigenvalue weighted by Gasteiger charge is -2.25. The molecule has 6 heteroatoms. The lowest BCUT2D eigenvalue weighted by molar-refractivity contribution is -0.118. The van der Waals surface area contributed by atoms with Gasteiger partial charge in [-0.15, -0.1) is 11.8 Å². The van der Waals surface area contributed by atoms with Crippen molar-refractivity contribution in [3.05, 3.63) is 58.5 Å². The molecule has 29 heavy (non-hydrogen) atoms.